The van der Waals surface area contributed by atoms with Gasteiger partial charge in [-0.1, -0.05) is 33.8 Å². The summed E-state index contributed by atoms with van der Waals surface area (Å²) in [5, 5.41) is 0.579. The van der Waals surface area contributed by atoms with Crippen molar-refractivity contribution in [2.75, 3.05) is 11.6 Å². The standard InChI is InChI=1S/C10H9BrO2S/c1-14(12,13)10-6-2-4-9(8-10)5-3-7-11/h2,4,6,8H,7H2,1H3. The van der Waals surface area contributed by atoms with Gasteiger partial charge in [0.15, 0.2) is 9.84 Å². The van der Waals surface area contributed by atoms with Gasteiger partial charge in [0.05, 0.1) is 10.2 Å². The Hall–Kier alpha value is -0.790. The van der Waals surface area contributed by atoms with Gasteiger partial charge < -0.3 is 0 Å². The van der Waals surface area contributed by atoms with Gasteiger partial charge in [-0.25, -0.2) is 8.42 Å². The van der Waals surface area contributed by atoms with E-state index in [1.807, 2.05) is 0 Å². The average Bonchev–Trinajstić information content (AvgIpc) is 2.14. The molecule has 0 fully saturated rings. The summed E-state index contributed by atoms with van der Waals surface area (Å²) in [6.07, 6.45) is 1.18. The molecule has 0 spiro atoms. The number of alkyl halides is 1. The minimum absolute atomic E-state index is 0.305. The molecular formula is C10H9BrO2S. The van der Waals surface area contributed by atoms with E-state index < -0.39 is 9.84 Å². The van der Waals surface area contributed by atoms with Crippen LogP contribution >= 0.6 is 15.9 Å². The van der Waals surface area contributed by atoms with Crippen LogP contribution in [0.1, 0.15) is 5.56 Å². The molecule has 0 aliphatic rings. The molecule has 0 saturated heterocycles. The molecule has 0 saturated carbocycles. The molecule has 0 aromatic heterocycles. The van der Waals surface area contributed by atoms with Crippen molar-refractivity contribution in [2.24, 2.45) is 0 Å². The summed E-state index contributed by atoms with van der Waals surface area (Å²) in [6.45, 7) is 0. The molecule has 0 radical (unpaired) electrons. The monoisotopic (exact) mass is 272 g/mol. The number of benzene rings is 1. The van der Waals surface area contributed by atoms with Crippen LogP contribution in [0.2, 0.25) is 0 Å². The molecule has 4 heteroatoms. The molecule has 0 amide bonds. The predicted octanol–water partition coefficient (Wildman–Crippen LogP) is 1.84. The number of halogens is 1. The van der Waals surface area contributed by atoms with Crippen LogP contribution in [0.15, 0.2) is 29.2 Å². The molecular weight excluding hydrogens is 264 g/mol. The van der Waals surface area contributed by atoms with Crippen molar-refractivity contribution in [1.82, 2.24) is 0 Å². The summed E-state index contributed by atoms with van der Waals surface area (Å²) < 4.78 is 22.4. The normalized spacial score (nSPS) is 10.4. The molecule has 1 rings (SSSR count). The van der Waals surface area contributed by atoms with Crippen molar-refractivity contribution in [2.45, 2.75) is 4.90 Å². The highest BCUT2D eigenvalue weighted by atomic mass is 79.9. The van der Waals surface area contributed by atoms with E-state index in [0.29, 0.717) is 15.8 Å². The van der Waals surface area contributed by atoms with Gasteiger partial charge in [0.25, 0.3) is 0 Å². The molecule has 0 N–H and O–H groups in total. The third kappa shape index (κ3) is 3.17. The maximum atomic E-state index is 11.2. The summed E-state index contributed by atoms with van der Waals surface area (Å²) in [4.78, 5) is 0.305. The van der Waals surface area contributed by atoms with Crippen molar-refractivity contribution in [3.05, 3.63) is 29.8 Å². The molecule has 0 aliphatic carbocycles. The largest absolute Gasteiger partial charge is 0.224 e. The lowest BCUT2D eigenvalue weighted by molar-refractivity contribution is 0.602. The Morgan fingerprint density at radius 1 is 1.43 bits per heavy atom. The van der Waals surface area contributed by atoms with E-state index in [0.717, 1.165) is 0 Å². The van der Waals surface area contributed by atoms with Gasteiger partial charge in [-0.15, -0.1) is 0 Å². The lowest BCUT2D eigenvalue weighted by Gasteiger charge is -1.97. The molecule has 1 aromatic carbocycles. The maximum Gasteiger partial charge on any atom is 0.175 e. The number of hydrogen-bond donors (Lipinski definition) is 0. The van der Waals surface area contributed by atoms with E-state index in [1.165, 1.54) is 6.26 Å². The SMILES string of the molecule is CS(=O)(=O)c1cccc(C#CCBr)c1. The molecule has 2 nitrogen and oxygen atoms in total. The van der Waals surface area contributed by atoms with Crippen molar-refractivity contribution in [1.29, 1.82) is 0 Å². The van der Waals surface area contributed by atoms with E-state index in [9.17, 15) is 8.42 Å². The van der Waals surface area contributed by atoms with Crippen LogP contribution < -0.4 is 0 Å². The second kappa shape index (κ2) is 4.63. The fourth-order valence-corrected chi connectivity index (χ4v) is 1.75. The van der Waals surface area contributed by atoms with Crippen LogP contribution in [0.25, 0.3) is 0 Å². The zero-order valence-electron chi connectivity index (χ0n) is 7.62. The Labute approximate surface area is 92.4 Å². The predicted molar refractivity (Wildman–Crippen MR) is 60.2 cm³/mol. The Morgan fingerprint density at radius 2 is 2.14 bits per heavy atom. The van der Waals surface area contributed by atoms with Crippen molar-refractivity contribution >= 4 is 25.8 Å². The van der Waals surface area contributed by atoms with Gasteiger partial charge >= 0.3 is 0 Å². The summed E-state index contributed by atoms with van der Waals surface area (Å²) in [6, 6.07) is 6.61. The minimum atomic E-state index is -3.13. The van der Waals surface area contributed by atoms with Crippen LogP contribution in [0.5, 0.6) is 0 Å². The van der Waals surface area contributed by atoms with Crippen LogP contribution in [-0.4, -0.2) is 20.0 Å². The van der Waals surface area contributed by atoms with Gasteiger partial charge in [-0.05, 0) is 18.2 Å². The highest BCUT2D eigenvalue weighted by molar-refractivity contribution is 9.09. The highest BCUT2D eigenvalue weighted by Crippen LogP contribution is 2.10. The Kier molecular flexibility index (Phi) is 3.73. The second-order valence-electron chi connectivity index (χ2n) is 2.74. The molecule has 1 aromatic rings. The third-order valence-corrected chi connectivity index (χ3v) is 2.95. The fraction of sp³-hybridized carbons (Fsp3) is 0.200. The van der Waals surface area contributed by atoms with Crippen LogP contribution in [0.3, 0.4) is 0 Å². The summed E-state index contributed by atoms with van der Waals surface area (Å²) in [7, 11) is -3.13. The van der Waals surface area contributed by atoms with E-state index in [-0.39, 0.29) is 0 Å². The average molecular weight is 273 g/mol. The molecule has 0 atom stereocenters. The van der Waals surface area contributed by atoms with Crippen molar-refractivity contribution in [3.8, 4) is 11.8 Å². The second-order valence-corrected chi connectivity index (χ2v) is 5.31. The van der Waals surface area contributed by atoms with E-state index >= 15 is 0 Å². The fourth-order valence-electron chi connectivity index (χ4n) is 0.940. The van der Waals surface area contributed by atoms with E-state index in [4.69, 9.17) is 0 Å². The van der Waals surface area contributed by atoms with Crippen molar-refractivity contribution < 1.29 is 8.42 Å². The Balaban J connectivity index is 3.14. The first-order valence-electron chi connectivity index (χ1n) is 3.89. The van der Waals surface area contributed by atoms with Gasteiger partial charge in [0.1, 0.15) is 0 Å². The molecule has 0 aliphatic heterocycles. The lowest BCUT2D eigenvalue weighted by atomic mass is 10.2. The van der Waals surface area contributed by atoms with E-state index in [1.54, 1.807) is 24.3 Å². The lowest BCUT2D eigenvalue weighted by Crippen LogP contribution is -1.96. The zero-order valence-corrected chi connectivity index (χ0v) is 10.0. The number of sulfone groups is 1. The van der Waals surface area contributed by atoms with Crippen LogP contribution in [0, 0.1) is 11.8 Å². The first-order chi connectivity index (χ1) is 6.54. The maximum absolute atomic E-state index is 11.2. The first kappa shape index (κ1) is 11.3. The zero-order chi connectivity index (χ0) is 10.6. The highest BCUT2D eigenvalue weighted by Gasteiger charge is 2.05. The minimum Gasteiger partial charge on any atom is -0.224 e. The number of rotatable bonds is 1. The van der Waals surface area contributed by atoms with Gasteiger partial charge in [0, 0.05) is 11.8 Å². The van der Waals surface area contributed by atoms with Gasteiger partial charge in [-0.3, -0.25) is 0 Å². The van der Waals surface area contributed by atoms with Crippen molar-refractivity contribution in [3.63, 3.8) is 0 Å². The smallest absolute Gasteiger partial charge is 0.175 e. The molecule has 0 unspecified atom stereocenters. The van der Waals surface area contributed by atoms with Gasteiger partial charge in [0.2, 0.25) is 0 Å². The summed E-state index contributed by atoms with van der Waals surface area (Å²) in [5.41, 5.74) is 0.715. The van der Waals surface area contributed by atoms with Crippen LogP contribution in [0.4, 0.5) is 0 Å². The Morgan fingerprint density at radius 3 is 2.71 bits per heavy atom. The summed E-state index contributed by atoms with van der Waals surface area (Å²) in [5.74, 6) is 5.66. The van der Waals surface area contributed by atoms with Crippen LogP contribution in [-0.2, 0) is 9.84 Å². The molecule has 74 valence electrons. The first-order valence-corrected chi connectivity index (χ1v) is 6.90. The molecule has 0 bridgehead atoms. The number of hydrogen-bond acceptors (Lipinski definition) is 2. The Bertz CT molecular complexity index is 480. The van der Waals surface area contributed by atoms with Gasteiger partial charge in [-0.2, -0.15) is 0 Å². The molecule has 0 heterocycles. The molecule has 14 heavy (non-hydrogen) atoms. The quantitative estimate of drug-likeness (QED) is 0.578. The van der Waals surface area contributed by atoms with E-state index in [2.05, 4.69) is 27.8 Å². The summed E-state index contributed by atoms with van der Waals surface area (Å²) >= 11 is 3.17. The third-order valence-electron chi connectivity index (χ3n) is 1.56. The topological polar surface area (TPSA) is 34.1 Å².